The molecule has 6 nitrogen and oxygen atoms in total. The van der Waals surface area contributed by atoms with Crippen LogP contribution < -0.4 is 0 Å². The van der Waals surface area contributed by atoms with Crippen molar-refractivity contribution in [2.24, 2.45) is 0 Å². The molecule has 0 saturated carbocycles. The maximum Gasteiger partial charge on any atom is 0.269 e. The first-order valence-electron chi connectivity index (χ1n) is 9.46. The van der Waals surface area contributed by atoms with Crippen LogP contribution in [0.4, 0.5) is 5.69 Å². The highest BCUT2D eigenvalue weighted by Crippen LogP contribution is 2.25. The van der Waals surface area contributed by atoms with Gasteiger partial charge in [-0.1, -0.05) is 24.3 Å². The SMILES string of the molecule is O=C(c1ccc([N+](=O)[O-])cc1)N1CCC[C@@H](N2CCc3ccccc3C2)C1. The number of fused-ring (bicyclic) bond motifs is 1. The summed E-state index contributed by atoms with van der Waals surface area (Å²) in [5.74, 6) is -0.0352. The van der Waals surface area contributed by atoms with Gasteiger partial charge in [-0.15, -0.1) is 0 Å². The number of piperidine rings is 1. The molecule has 0 aliphatic carbocycles. The van der Waals surface area contributed by atoms with E-state index in [1.165, 1.54) is 23.3 Å². The quantitative estimate of drug-likeness (QED) is 0.619. The number of likely N-dealkylation sites (tertiary alicyclic amines) is 1. The topological polar surface area (TPSA) is 66.7 Å². The van der Waals surface area contributed by atoms with Gasteiger partial charge in [-0.05, 0) is 42.5 Å². The Kier molecular flexibility index (Phi) is 4.90. The molecule has 1 fully saturated rings. The highest BCUT2D eigenvalue weighted by molar-refractivity contribution is 5.94. The fraction of sp³-hybridized carbons (Fsp3) is 0.381. The maximum atomic E-state index is 12.8. The molecule has 1 saturated heterocycles. The molecule has 1 atom stereocenters. The van der Waals surface area contributed by atoms with Gasteiger partial charge < -0.3 is 4.90 Å². The van der Waals surface area contributed by atoms with Gasteiger partial charge in [-0.3, -0.25) is 19.8 Å². The van der Waals surface area contributed by atoms with Crippen LogP contribution in [0.25, 0.3) is 0 Å². The molecule has 0 bridgehead atoms. The van der Waals surface area contributed by atoms with Crippen LogP contribution in [-0.2, 0) is 13.0 Å². The van der Waals surface area contributed by atoms with Gasteiger partial charge in [-0.25, -0.2) is 0 Å². The number of nitro groups is 1. The summed E-state index contributed by atoms with van der Waals surface area (Å²) >= 11 is 0. The number of carbonyl (C=O) groups excluding carboxylic acids is 1. The van der Waals surface area contributed by atoms with Gasteiger partial charge in [0.2, 0.25) is 0 Å². The molecule has 4 rings (SSSR count). The number of amides is 1. The van der Waals surface area contributed by atoms with E-state index >= 15 is 0 Å². The van der Waals surface area contributed by atoms with Gasteiger partial charge in [0.15, 0.2) is 0 Å². The zero-order valence-electron chi connectivity index (χ0n) is 15.2. The highest BCUT2D eigenvalue weighted by atomic mass is 16.6. The van der Waals surface area contributed by atoms with Gasteiger partial charge >= 0.3 is 0 Å². The number of nitro benzene ring substituents is 1. The zero-order valence-corrected chi connectivity index (χ0v) is 15.2. The number of carbonyl (C=O) groups is 1. The fourth-order valence-corrected chi connectivity index (χ4v) is 4.17. The summed E-state index contributed by atoms with van der Waals surface area (Å²) in [5.41, 5.74) is 3.35. The fourth-order valence-electron chi connectivity index (χ4n) is 4.17. The van der Waals surface area contributed by atoms with E-state index < -0.39 is 4.92 Å². The number of nitrogens with zero attached hydrogens (tertiary/aromatic N) is 3. The molecular formula is C21H23N3O3. The third-order valence-electron chi connectivity index (χ3n) is 5.69. The smallest absolute Gasteiger partial charge is 0.269 e. The molecule has 1 amide bonds. The minimum absolute atomic E-state index is 0.00931. The van der Waals surface area contributed by atoms with Crippen molar-refractivity contribution in [2.75, 3.05) is 19.6 Å². The standard InChI is InChI=1S/C21H23N3O3/c25-21(17-7-9-19(10-8-17)24(26)27)23-12-3-6-20(15-23)22-13-11-16-4-1-2-5-18(16)14-22/h1-2,4-5,7-10,20H,3,6,11-15H2/t20-/m1/s1. The van der Waals surface area contributed by atoms with Crippen LogP contribution in [0, 0.1) is 10.1 Å². The van der Waals surface area contributed by atoms with E-state index in [9.17, 15) is 14.9 Å². The van der Waals surface area contributed by atoms with Crippen molar-refractivity contribution in [1.82, 2.24) is 9.80 Å². The van der Waals surface area contributed by atoms with E-state index in [1.54, 1.807) is 12.1 Å². The Morgan fingerprint density at radius 1 is 1.04 bits per heavy atom. The lowest BCUT2D eigenvalue weighted by Gasteiger charge is -2.41. The van der Waals surface area contributed by atoms with Gasteiger partial charge in [0.1, 0.15) is 0 Å². The Hall–Kier alpha value is -2.73. The average Bonchev–Trinajstić information content (AvgIpc) is 2.73. The second-order valence-electron chi connectivity index (χ2n) is 7.34. The monoisotopic (exact) mass is 365 g/mol. The lowest BCUT2D eigenvalue weighted by Crippen LogP contribution is -2.51. The number of non-ortho nitro benzene ring substituents is 1. The van der Waals surface area contributed by atoms with Crippen molar-refractivity contribution in [3.05, 3.63) is 75.3 Å². The summed E-state index contributed by atoms with van der Waals surface area (Å²) < 4.78 is 0. The van der Waals surface area contributed by atoms with E-state index in [0.29, 0.717) is 11.6 Å². The third-order valence-corrected chi connectivity index (χ3v) is 5.69. The predicted octanol–water partition coefficient (Wildman–Crippen LogP) is 3.26. The maximum absolute atomic E-state index is 12.8. The van der Waals surface area contributed by atoms with E-state index in [1.807, 2.05) is 4.90 Å². The van der Waals surface area contributed by atoms with Crippen molar-refractivity contribution in [3.63, 3.8) is 0 Å². The van der Waals surface area contributed by atoms with Crippen LogP contribution in [0.1, 0.15) is 34.3 Å². The van der Waals surface area contributed by atoms with Crippen LogP contribution in [0.15, 0.2) is 48.5 Å². The van der Waals surface area contributed by atoms with Crippen LogP contribution in [0.2, 0.25) is 0 Å². The van der Waals surface area contributed by atoms with E-state index in [4.69, 9.17) is 0 Å². The summed E-state index contributed by atoms with van der Waals surface area (Å²) in [5, 5.41) is 10.8. The minimum Gasteiger partial charge on any atom is -0.337 e. The molecule has 2 aliphatic heterocycles. The Morgan fingerprint density at radius 3 is 2.52 bits per heavy atom. The predicted molar refractivity (Wildman–Crippen MR) is 103 cm³/mol. The van der Waals surface area contributed by atoms with Gasteiger partial charge in [0, 0.05) is 49.9 Å². The number of hydrogen-bond acceptors (Lipinski definition) is 4. The molecule has 2 aliphatic rings. The summed E-state index contributed by atoms with van der Waals surface area (Å²) in [4.78, 5) is 27.6. The molecule has 2 aromatic carbocycles. The van der Waals surface area contributed by atoms with Crippen molar-refractivity contribution in [1.29, 1.82) is 0 Å². The molecule has 140 valence electrons. The van der Waals surface area contributed by atoms with Crippen LogP contribution in [-0.4, -0.2) is 46.3 Å². The highest BCUT2D eigenvalue weighted by Gasteiger charge is 2.30. The summed E-state index contributed by atoms with van der Waals surface area (Å²) in [6.45, 7) is 3.44. The van der Waals surface area contributed by atoms with E-state index in [0.717, 1.165) is 45.4 Å². The molecule has 2 aromatic rings. The Labute approximate surface area is 158 Å². The van der Waals surface area contributed by atoms with Crippen LogP contribution in [0.5, 0.6) is 0 Å². The second-order valence-corrected chi connectivity index (χ2v) is 7.34. The van der Waals surface area contributed by atoms with E-state index in [-0.39, 0.29) is 11.6 Å². The first kappa shape index (κ1) is 17.7. The molecule has 27 heavy (non-hydrogen) atoms. The molecule has 0 spiro atoms. The first-order valence-corrected chi connectivity index (χ1v) is 9.46. The molecule has 6 heteroatoms. The Balaban J connectivity index is 1.43. The molecular weight excluding hydrogens is 342 g/mol. The summed E-state index contributed by atoms with van der Waals surface area (Å²) in [6.07, 6.45) is 3.15. The molecule has 0 aromatic heterocycles. The average molecular weight is 365 g/mol. The normalized spacial score (nSPS) is 20.1. The van der Waals surface area contributed by atoms with Crippen molar-refractivity contribution >= 4 is 11.6 Å². The summed E-state index contributed by atoms with van der Waals surface area (Å²) in [6, 6.07) is 14.9. The Bertz CT molecular complexity index is 850. The van der Waals surface area contributed by atoms with Gasteiger partial charge in [-0.2, -0.15) is 0 Å². The first-order chi connectivity index (χ1) is 13.1. The molecule has 2 heterocycles. The molecule has 0 radical (unpaired) electrons. The van der Waals surface area contributed by atoms with Crippen molar-refractivity contribution < 1.29 is 9.72 Å². The molecule has 0 N–H and O–H groups in total. The number of rotatable bonds is 3. The van der Waals surface area contributed by atoms with Crippen LogP contribution in [0.3, 0.4) is 0 Å². The lowest BCUT2D eigenvalue weighted by atomic mass is 9.95. The Morgan fingerprint density at radius 2 is 1.78 bits per heavy atom. The zero-order chi connectivity index (χ0) is 18.8. The second kappa shape index (κ2) is 7.48. The van der Waals surface area contributed by atoms with Crippen LogP contribution >= 0.6 is 0 Å². The third kappa shape index (κ3) is 3.71. The summed E-state index contributed by atoms with van der Waals surface area (Å²) in [7, 11) is 0. The molecule has 0 unspecified atom stereocenters. The largest absolute Gasteiger partial charge is 0.337 e. The van der Waals surface area contributed by atoms with E-state index in [2.05, 4.69) is 29.2 Å². The van der Waals surface area contributed by atoms with Gasteiger partial charge in [0.25, 0.3) is 11.6 Å². The lowest BCUT2D eigenvalue weighted by molar-refractivity contribution is -0.384. The van der Waals surface area contributed by atoms with Crippen molar-refractivity contribution in [3.8, 4) is 0 Å². The van der Waals surface area contributed by atoms with Crippen molar-refractivity contribution in [2.45, 2.75) is 31.8 Å². The van der Waals surface area contributed by atoms with Gasteiger partial charge in [0.05, 0.1) is 4.92 Å². The number of hydrogen-bond donors (Lipinski definition) is 0. The minimum atomic E-state index is -0.445. The number of benzene rings is 2.